The van der Waals surface area contributed by atoms with Crippen LogP contribution in [0.25, 0.3) is 0 Å². The topological polar surface area (TPSA) is 67.0 Å². The van der Waals surface area contributed by atoms with Crippen molar-refractivity contribution >= 4 is 0 Å². The van der Waals surface area contributed by atoms with Crippen LogP contribution in [-0.4, -0.2) is 23.1 Å². The average Bonchev–Trinajstić information content (AvgIpc) is 2.77. The van der Waals surface area contributed by atoms with Crippen molar-refractivity contribution in [1.29, 1.82) is 0 Å². The summed E-state index contributed by atoms with van der Waals surface area (Å²) in [7, 11) is 0. The Bertz CT molecular complexity index is 450. The lowest BCUT2D eigenvalue weighted by Gasteiger charge is -2.22. The standard InChI is InChI=1S/C13H21N3O2/c1-3-6-14-9-10-8-11(17)16-12(15-10)13(2)5-4-7-18-13/h8,14H,3-7,9H2,1-2H3,(H,15,16,17). The van der Waals surface area contributed by atoms with Gasteiger partial charge in [-0.2, -0.15) is 0 Å². The van der Waals surface area contributed by atoms with Gasteiger partial charge in [-0.05, 0) is 32.7 Å². The molecule has 0 aromatic carbocycles. The van der Waals surface area contributed by atoms with E-state index in [0.29, 0.717) is 12.4 Å². The molecule has 1 unspecified atom stereocenters. The molecule has 0 radical (unpaired) electrons. The summed E-state index contributed by atoms with van der Waals surface area (Å²) in [5.41, 5.74) is 0.240. The predicted octanol–water partition coefficient (Wildman–Crippen LogP) is 1.30. The highest BCUT2D eigenvalue weighted by Gasteiger charge is 2.34. The highest BCUT2D eigenvalue weighted by molar-refractivity contribution is 5.09. The first-order valence-corrected chi connectivity index (χ1v) is 6.59. The molecule has 1 aromatic heterocycles. The zero-order chi connectivity index (χ0) is 13.0. The molecule has 1 aromatic rings. The van der Waals surface area contributed by atoms with E-state index in [9.17, 15) is 4.79 Å². The van der Waals surface area contributed by atoms with E-state index >= 15 is 0 Å². The van der Waals surface area contributed by atoms with Crippen molar-refractivity contribution < 1.29 is 4.74 Å². The fourth-order valence-electron chi connectivity index (χ4n) is 2.21. The lowest BCUT2D eigenvalue weighted by atomic mass is 10.0. The smallest absolute Gasteiger partial charge is 0.251 e. The summed E-state index contributed by atoms with van der Waals surface area (Å²) in [5.74, 6) is 0.654. The Morgan fingerprint density at radius 1 is 1.61 bits per heavy atom. The molecule has 2 N–H and O–H groups in total. The maximum absolute atomic E-state index is 11.7. The van der Waals surface area contributed by atoms with Crippen molar-refractivity contribution in [2.45, 2.75) is 45.3 Å². The summed E-state index contributed by atoms with van der Waals surface area (Å²) in [6.45, 7) is 6.38. The third-order valence-electron chi connectivity index (χ3n) is 3.25. The van der Waals surface area contributed by atoms with Gasteiger partial charge in [-0.3, -0.25) is 4.79 Å². The Kier molecular flexibility index (Phi) is 4.14. The Morgan fingerprint density at radius 2 is 2.44 bits per heavy atom. The van der Waals surface area contributed by atoms with Gasteiger partial charge in [0, 0.05) is 19.2 Å². The molecule has 100 valence electrons. The minimum atomic E-state index is -0.431. The molecule has 1 aliphatic heterocycles. The Labute approximate surface area is 107 Å². The third kappa shape index (κ3) is 2.97. The molecule has 1 atom stereocenters. The molecular weight excluding hydrogens is 230 g/mol. The number of hydrogen-bond acceptors (Lipinski definition) is 4. The van der Waals surface area contributed by atoms with E-state index in [1.807, 2.05) is 6.92 Å². The number of nitrogens with one attached hydrogen (secondary N) is 2. The molecule has 2 heterocycles. The van der Waals surface area contributed by atoms with Crippen molar-refractivity contribution in [3.8, 4) is 0 Å². The van der Waals surface area contributed by atoms with Crippen molar-refractivity contribution in [3.05, 3.63) is 27.9 Å². The molecule has 1 aliphatic rings. The van der Waals surface area contributed by atoms with Crippen LogP contribution in [0.5, 0.6) is 0 Å². The molecule has 0 aliphatic carbocycles. The SMILES string of the molecule is CCCNCc1cc(=O)[nH]c(C2(C)CCCO2)n1. The van der Waals surface area contributed by atoms with Crippen molar-refractivity contribution in [1.82, 2.24) is 15.3 Å². The Morgan fingerprint density at radius 3 is 3.11 bits per heavy atom. The van der Waals surface area contributed by atoms with E-state index in [2.05, 4.69) is 22.2 Å². The summed E-state index contributed by atoms with van der Waals surface area (Å²) in [6.07, 6.45) is 2.98. The number of nitrogens with zero attached hydrogens (tertiary/aromatic N) is 1. The summed E-state index contributed by atoms with van der Waals surface area (Å²) in [4.78, 5) is 19.0. The Hall–Kier alpha value is -1.20. The number of H-pyrrole nitrogens is 1. The Balaban J connectivity index is 2.18. The molecule has 1 fully saturated rings. The quantitative estimate of drug-likeness (QED) is 0.774. The van der Waals surface area contributed by atoms with Gasteiger partial charge >= 0.3 is 0 Å². The minimum Gasteiger partial charge on any atom is -0.367 e. The predicted molar refractivity (Wildman–Crippen MR) is 69.4 cm³/mol. The molecule has 1 saturated heterocycles. The second-order valence-corrected chi connectivity index (χ2v) is 4.94. The normalized spacial score (nSPS) is 23.4. The summed E-state index contributed by atoms with van der Waals surface area (Å²) >= 11 is 0. The lowest BCUT2D eigenvalue weighted by molar-refractivity contribution is 0.00893. The van der Waals surface area contributed by atoms with Crippen molar-refractivity contribution in [3.63, 3.8) is 0 Å². The molecule has 5 heteroatoms. The van der Waals surface area contributed by atoms with Crippen LogP contribution in [0.3, 0.4) is 0 Å². The lowest BCUT2D eigenvalue weighted by Crippen LogP contribution is -2.28. The first-order valence-electron chi connectivity index (χ1n) is 6.59. The van der Waals surface area contributed by atoms with Crippen LogP contribution >= 0.6 is 0 Å². The fraction of sp³-hybridized carbons (Fsp3) is 0.692. The molecule has 5 nitrogen and oxygen atoms in total. The van der Waals surface area contributed by atoms with Crippen LogP contribution in [0.4, 0.5) is 0 Å². The zero-order valence-corrected chi connectivity index (χ0v) is 11.1. The van der Waals surface area contributed by atoms with Gasteiger partial charge in [0.2, 0.25) is 0 Å². The highest BCUT2D eigenvalue weighted by atomic mass is 16.5. The van der Waals surface area contributed by atoms with E-state index in [-0.39, 0.29) is 5.56 Å². The summed E-state index contributed by atoms with van der Waals surface area (Å²) < 4.78 is 5.71. The van der Waals surface area contributed by atoms with E-state index < -0.39 is 5.60 Å². The van der Waals surface area contributed by atoms with Crippen molar-refractivity contribution in [2.75, 3.05) is 13.2 Å². The number of hydrogen-bond donors (Lipinski definition) is 2. The number of ether oxygens (including phenoxy) is 1. The number of aromatic amines is 1. The van der Waals surface area contributed by atoms with Crippen LogP contribution in [0.15, 0.2) is 10.9 Å². The molecule has 18 heavy (non-hydrogen) atoms. The van der Waals surface area contributed by atoms with Crippen LogP contribution in [0, 0.1) is 0 Å². The molecule has 0 saturated carbocycles. The minimum absolute atomic E-state index is 0.106. The van der Waals surface area contributed by atoms with E-state index in [0.717, 1.165) is 38.1 Å². The monoisotopic (exact) mass is 251 g/mol. The number of aromatic nitrogens is 2. The van der Waals surface area contributed by atoms with E-state index in [4.69, 9.17) is 4.74 Å². The van der Waals surface area contributed by atoms with Crippen LogP contribution < -0.4 is 10.9 Å². The highest BCUT2D eigenvalue weighted by Crippen LogP contribution is 2.32. The molecule has 2 rings (SSSR count). The van der Waals surface area contributed by atoms with Crippen molar-refractivity contribution in [2.24, 2.45) is 0 Å². The first-order chi connectivity index (χ1) is 8.64. The maximum Gasteiger partial charge on any atom is 0.251 e. The van der Waals surface area contributed by atoms with Crippen LogP contribution in [0.2, 0.25) is 0 Å². The summed E-state index contributed by atoms with van der Waals surface area (Å²) in [6, 6.07) is 1.55. The van der Waals surface area contributed by atoms with Gasteiger partial charge in [0.15, 0.2) is 0 Å². The molecule has 0 bridgehead atoms. The van der Waals surface area contributed by atoms with E-state index in [1.165, 1.54) is 0 Å². The van der Waals surface area contributed by atoms with Gasteiger partial charge in [-0.1, -0.05) is 6.92 Å². The van der Waals surface area contributed by atoms with Gasteiger partial charge < -0.3 is 15.0 Å². The molecule has 0 amide bonds. The van der Waals surface area contributed by atoms with Gasteiger partial charge in [0.05, 0.1) is 5.69 Å². The van der Waals surface area contributed by atoms with Gasteiger partial charge in [0.25, 0.3) is 5.56 Å². The third-order valence-corrected chi connectivity index (χ3v) is 3.25. The molecule has 0 spiro atoms. The first kappa shape index (κ1) is 13.2. The summed E-state index contributed by atoms with van der Waals surface area (Å²) in [5, 5.41) is 3.25. The van der Waals surface area contributed by atoms with Gasteiger partial charge in [-0.25, -0.2) is 4.98 Å². The van der Waals surface area contributed by atoms with Gasteiger partial charge in [0.1, 0.15) is 11.4 Å². The van der Waals surface area contributed by atoms with Gasteiger partial charge in [-0.15, -0.1) is 0 Å². The average molecular weight is 251 g/mol. The van der Waals surface area contributed by atoms with Crippen LogP contribution in [-0.2, 0) is 16.9 Å². The number of rotatable bonds is 5. The maximum atomic E-state index is 11.7. The van der Waals surface area contributed by atoms with E-state index in [1.54, 1.807) is 6.07 Å². The zero-order valence-electron chi connectivity index (χ0n) is 11.1. The van der Waals surface area contributed by atoms with Crippen LogP contribution in [0.1, 0.15) is 44.6 Å². The second-order valence-electron chi connectivity index (χ2n) is 4.94. The molecular formula is C13H21N3O2. The largest absolute Gasteiger partial charge is 0.367 e. The second kappa shape index (κ2) is 5.63. The fourth-order valence-corrected chi connectivity index (χ4v) is 2.21.